The zero-order valence-corrected chi connectivity index (χ0v) is 8.43. The fourth-order valence-corrected chi connectivity index (χ4v) is 1.94. The van der Waals surface area contributed by atoms with E-state index in [1.807, 2.05) is 30.3 Å². The van der Waals surface area contributed by atoms with Gasteiger partial charge in [-0.1, -0.05) is 18.2 Å². The molecule has 0 fully saturated rings. The van der Waals surface area contributed by atoms with Crippen LogP contribution >= 0.6 is 0 Å². The van der Waals surface area contributed by atoms with Crippen molar-refractivity contribution in [2.45, 2.75) is 18.2 Å². The number of rotatable bonds is 3. The minimum Gasteiger partial charge on any atom is -0.254 e. The van der Waals surface area contributed by atoms with Crippen molar-refractivity contribution >= 4 is 10.8 Å². The fraction of sp³-hybridized carbons (Fsp3) is 0.273. The summed E-state index contributed by atoms with van der Waals surface area (Å²) < 4.78 is 11.6. The van der Waals surface area contributed by atoms with Gasteiger partial charge in [-0.05, 0) is 19.1 Å². The molecular formula is C11H12OS. The van der Waals surface area contributed by atoms with Crippen molar-refractivity contribution in [3.63, 3.8) is 0 Å². The summed E-state index contributed by atoms with van der Waals surface area (Å²) in [6.45, 7) is 1.80. The van der Waals surface area contributed by atoms with E-state index in [2.05, 4.69) is 11.8 Å². The number of hydrogen-bond acceptors (Lipinski definition) is 1. The third kappa shape index (κ3) is 3.43. The molecule has 1 atom stereocenters. The van der Waals surface area contributed by atoms with Crippen LogP contribution in [0.4, 0.5) is 0 Å². The second kappa shape index (κ2) is 5.55. The fourth-order valence-electron chi connectivity index (χ4n) is 0.959. The smallest absolute Gasteiger partial charge is 0.0539 e. The third-order valence-electron chi connectivity index (χ3n) is 1.60. The lowest BCUT2D eigenvalue weighted by Crippen LogP contribution is -1.96. The van der Waals surface area contributed by atoms with Gasteiger partial charge in [-0.2, -0.15) is 0 Å². The molecule has 0 saturated carbocycles. The van der Waals surface area contributed by atoms with E-state index in [9.17, 15) is 4.21 Å². The van der Waals surface area contributed by atoms with Gasteiger partial charge in [0.2, 0.25) is 0 Å². The van der Waals surface area contributed by atoms with Crippen molar-refractivity contribution in [3.05, 3.63) is 30.3 Å². The third-order valence-corrected chi connectivity index (χ3v) is 2.97. The van der Waals surface area contributed by atoms with Gasteiger partial charge in [-0.25, -0.2) is 0 Å². The Kier molecular flexibility index (Phi) is 4.28. The molecule has 0 heterocycles. The molecule has 0 aliphatic carbocycles. The lowest BCUT2D eigenvalue weighted by atomic mass is 10.4. The Morgan fingerprint density at radius 3 is 2.62 bits per heavy atom. The van der Waals surface area contributed by atoms with Crippen LogP contribution in [-0.2, 0) is 10.8 Å². The van der Waals surface area contributed by atoms with E-state index in [1.54, 1.807) is 6.92 Å². The highest BCUT2D eigenvalue weighted by Gasteiger charge is 1.99. The van der Waals surface area contributed by atoms with Crippen molar-refractivity contribution in [1.29, 1.82) is 0 Å². The molecule has 1 unspecified atom stereocenters. The zero-order chi connectivity index (χ0) is 9.52. The van der Waals surface area contributed by atoms with Gasteiger partial charge in [0, 0.05) is 17.1 Å². The first-order chi connectivity index (χ1) is 6.34. The van der Waals surface area contributed by atoms with E-state index in [4.69, 9.17) is 0 Å². The highest BCUT2D eigenvalue weighted by molar-refractivity contribution is 7.85. The van der Waals surface area contributed by atoms with Crippen LogP contribution in [0.5, 0.6) is 0 Å². The van der Waals surface area contributed by atoms with Crippen molar-refractivity contribution in [2.24, 2.45) is 0 Å². The van der Waals surface area contributed by atoms with Gasteiger partial charge in [0.15, 0.2) is 0 Å². The van der Waals surface area contributed by atoms with E-state index in [0.717, 1.165) is 4.90 Å². The summed E-state index contributed by atoms with van der Waals surface area (Å²) in [6, 6.07) is 9.50. The molecule has 13 heavy (non-hydrogen) atoms. The van der Waals surface area contributed by atoms with Crippen LogP contribution in [0.25, 0.3) is 0 Å². The van der Waals surface area contributed by atoms with Gasteiger partial charge in [-0.15, -0.1) is 11.8 Å². The predicted octanol–water partition coefficient (Wildman–Crippen LogP) is 2.21. The Morgan fingerprint density at radius 2 is 2.00 bits per heavy atom. The lowest BCUT2D eigenvalue weighted by molar-refractivity contribution is 0.683. The molecule has 0 aromatic heterocycles. The Labute approximate surface area is 81.6 Å². The maximum Gasteiger partial charge on any atom is 0.0539 e. The van der Waals surface area contributed by atoms with E-state index in [-0.39, 0.29) is 0 Å². The van der Waals surface area contributed by atoms with Gasteiger partial charge >= 0.3 is 0 Å². The largest absolute Gasteiger partial charge is 0.254 e. The average Bonchev–Trinajstić information content (AvgIpc) is 2.19. The first-order valence-corrected chi connectivity index (χ1v) is 5.49. The SMILES string of the molecule is CC#CCCS(=O)c1ccccc1. The number of hydrogen-bond donors (Lipinski definition) is 0. The van der Waals surface area contributed by atoms with Crippen molar-refractivity contribution in [2.75, 3.05) is 5.75 Å². The first kappa shape index (κ1) is 10.0. The normalized spacial score (nSPS) is 11.5. The summed E-state index contributed by atoms with van der Waals surface area (Å²) in [7, 11) is -0.887. The lowest BCUT2D eigenvalue weighted by Gasteiger charge is -1.97. The van der Waals surface area contributed by atoms with Crippen molar-refractivity contribution < 1.29 is 4.21 Å². The van der Waals surface area contributed by atoms with Crippen LogP contribution in [0.15, 0.2) is 35.2 Å². The van der Waals surface area contributed by atoms with Crippen molar-refractivity contribution in [3.8, 4) is 11.8 Å². The minimum absolute atomic E-state index is 0.630. The molecule has 1 aromatic carbocycles. The van der Waals surface area contributed by atoms with Gasteiger partial charge < -0.3 is 0 Å². The zero-order valence-electron chi connectivity index (χ0n) is 7.62. The van der Waals surface area contributed by atoms with Crippen LogP contribution in [-0.4, -0.2) is 9.96 Å². The minimum atomic E-state index is -0.887. The van der Waals surface area contributed by atoms with Gasteiger partial charge in [-0.3, -0.25) is 4.21 Å². The Bertz CT molecular complexity index is 332. The van der Waals surface area contributed by atoms with E-state index >= 15 is 0 Å². The monoisotopic (exact) mass is 192 g/mol. The predicted molar refractivity (Wildman–Crippen MR) is 55.8 cm³/mol. The highest BCUT2D eigenvalue weighted by Crippen LogP contribution is 2.05. The second-order valence-electron chi connectivity index (χ2n) is 2.54. The molecular weight excluding hydrogens is 180 g/mol. The number of benzene rings is 1. The molecule has 0 N–H and O–H groups in total. The van der Waals surface area contributed by atoms with Gasteiger partial charge in [0.1, 0.15) is 0 Å². The van der Waals surface area contributed by atoms with Crippen LogP contribution < -0.4 is 0 Å². The Hall–Kier alpha value is -1.07. The second-order valence-corrected chi connectivity index (χ2v) is 4.11. The molecule has 0 radical (unpaired) electrons. The Balaban J connectivity index is 2.53. The van der Waals surface area contributed by atoms with Gasteiger partial charge in [0.25, 0.3) is 0 Å². The molecule has 0 aliphatic heterocycles. The molecule has 1 aromatic rings. The molecule has 0 aliphatic rings. The molecule has 2 heteroatoms. The molecule has 0 spiro atoms. The van der Waals surface area contributed by atoms with Crippen LogP contribution in [0.1, 0.15) is 13.3 Å². The summed E-state index contributed by atoms with van der Waals surface area (Å²) in [6.07, 6.45) is 0.706. The molecule has 0 amide bonds. The quantitative estimate of drug-likeness (QED) is 0.671. The summed E-state index contributed by atoms with van der Waals surface area (Å²) in [5, 5.41) is 0. The highest BCUT2D eigenvalue weighted by atomic mass is 32.2. The standard InChI is InChI=1S/C11H12OS/c1-2-3-7-10-13(12)11-8-5-4-6-9-11/h4-6,8-9H,7,10H2,1H3. The summed E-state index contributed by atoms with van der Waals surface area (Å²) >= 11 is 0. The molecule has 1 rings (SSSR count). The van der Waals surface area contributed by atoms with Crippen molar-refractivity contribution in [1.82, 2.24) is 0 Å². The summed E-state index contributed by atoms with van der Waals surface area (Å²) in [5.74, 6) is 6.33. The average molecular weight is 192 g/mol. The van der Waals surface area contributed by atoms with Crippen LogP contribution in [0, 0.1) is 11.8 Å². The maximum absolute atomic E-state index is 11.6. The maximum atomic E-state index is 11.6. The molecule has 0 saturated heterocycles. The van der Waals surface area contributed by atoms with E-state index in [1.165, 1.54) is 0 Å². The van der Waals surface area contributed by atoms with Crippen LogP contribution in [0.3, 0.4) is 0 Å². The summed E-state index contributed by atoms with van der Waals surface area (Å²) in [5.41, 5.74) is 0. The van der Waals surface area contributed by atoms with Gasteiger partial charge in [0.05, 0.1) is 10.8 Å². The summed E-state index contributed by atoms with van der Waals surface area (Å²) in [4.78, 5) is 0.889. The molecule has 68 valence electrons. The molecule has 0 bridgehead atoms. The molecule has 1 nitrogen and oxygen atoms in total. The topological polar surface area (TPSA) is 17.1 Å². The van der Waals surface area contributed by atoms with E-state index < -0.39 is 10.8 Å². The van der Waals surface area contributed by atoms with E-state index in [0.29, 0.717) is 12.2 Å². The van der Waals surface area contributed by atoms with Crippen LogP contribution in [0.2, 0.25) is 0 Å². The Morgan fingerprint density at radius 1 is 1.31 bits per heavy atom. The first-order valence-electron chi connectivity index (χ1n) is 4.17.